The Hall–Kier alpha value is -2.00. The van der Waals surface area contributed by atoms with Crippen molar-refractivity contribution < 1.29 is 18.0 Å². The molecule has 11 heteroatoms. The molecule has 0 aromatic heterocycles. The summed E-state index contributed by atoms with van der Waals surface area (Å²) in [5, 5.41) is 4.25. The number of rotatable bonds is 10. The summed E-state index contributed by atoms with van der Waals surface area (Å²) >= 11 is 18.7. The first-order chi connectivity index (χ1) is 17.9. The maximum atomic E-state index is 13.9. The molecule has 2 aromatic carbocycles. The van der Waals surface area contributed by atoms with Crippen LogP contribution >= 0.6 is 34.8 Å². The van der Waals surface area contributed by atoms with Crippen LogP contribution < -0.4 is 9.62 Å². The van der Waals surface area contributed by atoms with E-state index in [1.54, 1.807) is 37.3 Å². The first-order valence-electron chi connectivity index (χ1n) is 12.7. The van der Waals surface area contributed by atoms with Crippen molar-refractivity contribution >= 4 is 62.3 Å². The van der Waals surface area contributed by atoms with Gasteiger partial charge in [-0.05, 0) is 61.6 Å². The second kappa shape index (κ2) is 13.4. The topological polar surface area (TPSA) is 86.8 Å². The Bertz CT molecular complexity index is 1270. The van der Waals surface area contributed by atoms with Crippen LogP contribution in [0.15, 0.2) is 36.4 Å². The van der Waals surface area contributed by atoms with E-state index in [9.17, 15) is 18.0 Å². The van der Waals surface area contributed by atoms with Crippen LogP contribution in [0.4, 0.5) is 5.69 Å². The fraction of sp³-hybridized carbons (Fsp3) is 0.481. The van der Waals surface area contributed by atoms with Crippen molar-refractivity contribution in [1.82, 2.24) is 10.2 Å². The van der Waals surface area contributed by atoms with Gasteiger partial charge in [-0.2, -0.15) is 0 Å². The van der Waals surface area contributed by atoms with Gasteiger partial charge in [-0.1, -0.05) is 73.1 Å². The van der Waals surface area contributed by atoms with Crippen molar-refractivity contribution in [3.05, 3.63) is 62.6 Å². The number of nitrogens with zero attached hydrogens (tertiary/aromatic N) is 2. The van der Waals surface area contributed by atoms with Crippen LogP contribution in [-0.4, -0.2) is 50.0 Å². The number of nitrogens with one attached hydrogen (secondary N) is 1. The Kier molecular flexibility index (Phi) is 10.7. The maximum Gasteiger partial charge on any atom is 0.244 e. The summed E-state index contributed by atoms with van der Waals surface area (Å²) in [6.45, 7) is 3.08. The smallest absolute Gasteiger partial charge is 0.244 e. The number of hydrogen-bond donors (Lipinski definition) is 1. The molecular weight excluding hydrogens is 569 g/mol. The monoisotopic (exact) mass is 601 g/mol. The Labute approximate surface area is 240 Å². The highest BCUT2D eigenvalue weighted by atomic mass is 35.5. The molecular formula is C27H34Cl3N3O4S. The van der Waals surface area contributed by atoms with Gasteiger partial charge in [-0.25, -0.2) is 8.42 Å². The molecule has 3 rings (SSSR count). The molecule has 0 unspecified atom stereocenters. The third-order valence-electron chi connectivity index (χ3n) is 6.81. The van der Waals surface area contributed by atoms with Crippen LogP contribution in [0, 0.1) is 6.92 Å². The van der Waals surface area contributed by atoms with E-state index in [1.165, 1.54) is 11.0 Å². The highest BCUT2D eigenvalue weighted by Crippen LogP contribution is 2.28. The van der Waals surface area contributed by atoms with E-state index in [4.69, 9.17) is 34.8 Å². The van der Waals surface area contributed by atoms with Gasteiger partial charge in [0.1, 0.15) is 12.6 Å². The minimum atomic E-state index is -3.86. The van der Waals surface area contributed by atoms with Gasteiger partial charge in [0, 0.05) is 27.7 Å². The Balaban J connectivity index is 1.97. The van der Waals surface area contributed by atoms with Gasteiger partial charge in [0.05, 0.1) is 11.9 Å². The molecule has 2 amide bonds. The highest BCUT2D eigenvalue weighted by Gasteiger charge is 2.33. The average Bonchev–Trinajstić information content (AvgIpc) is 2.85. The van der Waals surface area contributed by atoms with Gasteiger partial charge in [0.15, 0.2) is 0 Å². The lowest BCUT2D eigenvalue weighted by molar-refractivity contribution is -0.140. The van der Waals surface area contributed by atoms with Crippen molar-refractivity contribution in [1.29, 1.82) is 0 Å². The number of sulfonamides is 1. The Morgan fingerprint density at radius 2 is 1.66 bits per heavy atom. The number of carbonyl (C=O) groups is 2. The standard InChI is InChI=1S/C27H34Cl3N3O4S/c1-4-24(27(35)31-22-8-6-5-7-9-22)32(16-19-11-13-20(28)14-23(19)30)26(34)17-33(38(3,36)37)25-15-21(29)12-10-18(25)2/h10-15,22,24H,4-9,16-17H2,1-3H3,(H,31,35)/t24-/m0/s1. The molecule has 0 radical (unpaired) electrons. The first-order valence-corrected chi connectivity index (χ1v) is 15.7. The lowest BCUT2D eigenvalue weighted by Gasteiger charge is -2.34. The van der Waals surface area contributed by atoms with E-state index in [1.807, 2.05) is 6.92 Å². The molecule has 1 saturated carbocycles. The number of hydrogen-bond acceptors (Lipinski definition) is 4. The zero-order valence-corrected chi connectivity index (χ0v) is 24.9. The predicted octanol–water partition coefficient (Wildman–Crippen LogP) is 5.98. The molecule has 0 heterocycles. The summed E-state index contributed by atoms with van der Waals surface area (Å²) in [5.74, 6) is -0.797. The summed E-state index contributed by atoms with van der Waals surface area (Å²) in [6.07, 6.45) is 6.41. The molecule has 0 spiro atoms. The highest BCUT2D eigenvalue weighted by molar-refractivity contribution is 7.92. The predicted molar refractivity (Wildman–Crippen MR) is 154 cm³/mol. The van der Waals surface area contributed by atoms with E-state index in [2.05, 4.69) is 5.32 Å². The number of carbonyl (C=O) groups excluding carboxylic acids is 2. The van der Waals surface area contributed by atoms with Crippen LogP contribution in [0.5, 0.6) is 0 Å². The largest absolute Gasteiger partial charge is 0.352 e. The summed E-state index contributed by atoms with van der Waals surface area (Å²) in [4.78, 5) is 28.8. The van der Waals surface area contributed by atoms with E-state index >= 15 is 0 Å². The van der Waals surface area contributed by atoms with Gasteiger partial charge in [0.2, 0.25) is 21.8 Å². The molecule has 1 atom stereocenters. The molecule has 0 aliphatic heterocycles. The molecule has 1 fully saturated rings. The molecule has 7 nitrogen and oxygen atoms in total. The third kappa shape index (κ3) is 8.01. The van der Waals surface area contributed by atoms with E-state index in [0.717, 1.165) is 42.7 Å². The van der Waals surface area contributed by atoms with Crippen LogP contribution in [0.3, 0.4) is 0 Å². The van der Waals surface area contributed by atoms with Crippen molar-refractivity contribution in [2.24, 2.45) is 0 Å². The normalized spacial score (nSPS) is 15.1. The summed E-state index contributed by atoms with van der Waals surface area (Å²) in [5.41, 5.74) is 1.54. The fourth-order valence-electron chi connectivity index (χ4n) is 4.74. The van der Waals surface area contributed by atoms with Crippen LogP contribution in [0.1, 0.15) is 56.6 Å². The SMILES string of the molecule is CC[C@@H](C(=O)NC1CCCCC1)N(Cc1ccc(Cl)cc1Cl)C(=O)CN(c1cc(Cl)ccc1C)S(C)(=O)=O. The number of halogens is 3. The summed E-state index contributed by atoms with van der Waals surface area (Å²) < 4.78 is 26.7. The van der Waals surface area contributed by atoms with Crippen LogP contribution in [0.2, 0.25) is 15.1 Å². The molecule has 1 N–H and O–H groups in total. The van der Waals surface area contributed by atoms with Gasteiger partial charge in [0.25, 0.3) is 0 Å². The molecule has 0 bridgehead atoms. The number of anilines is 1. The number of benzene rings is 2. The fourth-order valence-corrected chi connectivity index (χ4v) is 6.28. The minimum absolute atomic E-state index is 0.0115. The van der Waals surface area contributed by atoms with E-state index in [-0.39, 0.29) is 18.5 Å². The number of amides is 2. The molecule has 0 saturated heterocycles. The van der Waals surface area contributed by atoms with Gasteiger partial charge in [-0.15, -0.1) is 0 Å². The van der Waals surface area contributed by atoms with Gasteiger partial charge in [-0.3, -0.25) is 13.9 Å². The molecule has 208 valence electrons. The lowest BCUT2D eigenvalue weighted by atomic mass is 9.95. The third-order valence-corrected chi connectivity index (χ3v) is 8.76. The Morgan fingerprint density at radius 3 is 2.26 bits per heavy atom. The Morgan fingerprint density at radius 1 is 1.03 bits per heavy atom. The minimum Gasteiger partial charge on any atom is -0.352 e. The number of aryl methyl sites for hydroxylation is 1. The zero-order valence-electron chi connectivity index (χ0n) is 21.8. The molecule has 38 heavy (non-hydrogen) atoms. The lowest BCUT2D eigenvalue weighted by Crippen LogP contribution is -2.54. The van der Waals surface area contributed by atoms with Crippen molar-refractivity contribution in [2.45, 2.75) is 71.0 Å². The first kappa shape index (κ1) is 30.5. The van der Waals surface area contributed by atoms with Crippen LogP contribution in [-0.2, 0) is 26.2 Å². The van der Waals surface area contributed by atoms with Crippen molar-refractivity contribution in [3.63, 3.8) is 0 Å². The van der Waals surface area contributed by atoms with E-state index < -0.39 is 28.5 Å². The quantitative estimate of drug-likeness (QED) is 0.363. The molecule has 1 aliphatic rings. The maximum absolute atomic E-state index is 13.9. The summed E-state index contributed by atoms with van der Waals surface area (Å²) in [6, 6.07) is 9.03. The van der Waals surface area contributed by atoms with E-state index in [0.29, 0.717) is 38.3 Å². The summed E-state index contributed by atoms with van der Waals surface area (Å²) in [7, 11) is -3.86. The molecule has 1 aliphatic carbocycles. The molecule has 2 aromatic rings. The van der Waals surface area contributed by atoms with Crippen LogP contribution in [0.25, 0.3) is 0 Å². The van der Waals surface area contributed by atoms with Gasteiger partial charge >= 0.3 is 0 Å². The average molecular weight is 603 g/mol. The zero-order chi connectivity index (χ0) is 28.0. The second-order valence-corrected chi connectivity index (χ2v) is 12.9. The van der Waals surface area contributed by atoms with Crippen molar-refractivity contribution in [3.8, 4) is 0 Å². The second-order valence-electron chi connectivity index (χ2n) is 9.73. The van der Waals surface area contributed by atoms with Crippen molar-refractivity contribution in [2.75, 3.05) is 17.1 Å². The van der Waals surface area contributed by atoms with Gasteiger partial charge < -0.3 is 10.2 Å².